The molecule has 1 saturated heterocycles. The first kappa shape index (κ1) is 18.2. The fraction of sp³-hybridized carbons (Fsp3) is 0.333. The van der Waals surface area contributed by atoms with E-state index >= 15 is 0 Å². The van der Waals surface area contributed by atoms with Gasteiger partial charge in [-0.05, 0) is 37.1 Å². The van der Waals surface area contributed by atoms with Gasteiger partial charge in [0.1, 0.15) is 0 Å². The van der Waals surface area contributed by atoms with Gasteiger partial charge in [0.25, 0.3) is 0 Å². The topological polar surface area (TPSA) is 65.2 Å². The highest BCUT2D eigenvalue weighted by molar-refractivity contribution is 7.91. The molecule has 0 amide bonds. The maximum absolute atomic E-state index is 13.2. The molecule has 0 bridgehead atoms. The standard InChI is InChI=1S/C21H25N3O2S/c1-16-15-24(13-11-22-16)12-10-17-6-5-9-19-21(17)20(14-23-19)27(25,26)18-7-3-2-4-8-18/h2-9,14,16,22-23H,10-13,15H2,1H3. The summed E-state index contributed by atoms with van der Waals surface area (Å²) in [5.41, 5.74) is 1.95. The van der Waals surface area contributed by atoms with Crippen LogP contribution in [0.1, 0.15) is 12.5 Å². The van der Waals surface area contributed by atoms with Crippen LogP contribution >= 0.6 is 0 Å². The zero-order valence-corrected chi connectivity index (χ0v) is 16.3. The Balaban J connectivity index is 1.68. The molecule has 0 radical (unpaired) electrons. The van der Waals surface area contributed by atoms with Gasteiger partial charge in [0.05, 0.1) is 9.79 Å². The summed E-state index contributed by atoms with van der Waals surface area (Å²) in [6.07, 6.45) is 2.46. The van der Waals surface area contributed by atoms with E-state index in [2.05, 4.69) is 22.1 Å². The maximum atomic E-state index is 13.2. The minimum atomic E-state index is -3.55. The Kier molecular flexibility index (Phi) is 5.04. The number of nitrogens with zero attached hydrogens (tertiary/aromatic N) is 1. The number of hydrogen-bond acceptors (Lipinski definition) is 4. The second-order valence-electron chi connectivity index (χ2n) is 7.21. The van der Waals surface area contributed by atoms with Crippen molar-refractivity contribution in [2.45, 2.75) is 29.2 Å². The van der Waals surface area contributed by atoms with Crippen molar-refractivity contribution in [1.29, 1.82) is 0 Å². The van der Waals surface area contributed by atoms with Crippen molar-refractivity contribution in [2.75, 3.05) is 26.2 Å². The lowest BCUT2D eigenvalue weighted by Crippen LogP contribution is -2.49. The number of sulfone groups is 1. The van der Waals surface area contributed by atoms with E-state index in [1.54, 1.807) is 30.5 Å². The number of piperazine rings is 1. The van der Waals surface area contributed by atoms with Crippen LogP contribution in [0, 0.1) is 0 Å². The Labute approximate surface area is 160 Å². The Bertz CT molecular complexity index is 1030. The highest BCUT2D eigenvalue weighted by Crippen LogP contribution is 2.31. The van der Waals surface area contributed by atoms with Crippen LogP contribution < -0.4 is 5.32 Å². The molecular weight excluding hydrogens is 358 g/mol. The molecular formula is C21H25N3O2S. The summed E-state index contributed by atoms with van der Waals surface area (Å²) in [4.78, 5) is 6.29. The van der Waals surface area contributed by atoms with E-state index < -0.39 is 9.84 Å². The molecule has 2 N–H and O–H groups in total. The third kappa shape index (κ3) is 3.65. The highest BCUT2D eigenvalue weighted by atomic mass is 32.2. The monoisotopic (exact) mass is 383 g/mol. The van der Waals surface area contributed by atoms with Crippen LogP contribution in [0.5, 0.6) is 0 Å². The summed E-state index contributed by atoms with van der Waals surface area (Å²) in [5, 5.41) is 4.28. The van der Waals surface area contributed by atoms with E-state index in [1.165, 1.54) is 0 Å². The predicted molar refractivity (Wildman–Crippen MR) is 108 cm³/mol. The number of aromatic amines is 1. The van der Waals surface area contributed by atoms with Gasteiger partial charge >= 0.3 is 0 Å². The molecule has 3 aromatic rings. The molecule has 0 aliphatic carbocycles. The van der Waals surface area contributed by atoms with E-state index in [9.17, 15) is 8.42 Å². The first-order chi connectivity index (χ1) is 13.1. The van der Waals surface area contributed by atoms with Gasteiger partial charge in [-0.2, -0.15) is 0 Å². The quantitative estimate of drug-likeness (QED) is 0.711. The number of hydrogen-bond donors (Lipinski definition) is 2. The lowest BCUT2D eigenvalue weighted by molar-refractivity contribution is 0.209. The van der Waals surface area contributed by atoms with Crippen molar-refractivity contribution < 1.29 is 8.42 Å². The fourth-order valence-corrected chi connectivity index (χ4v) is 5.36. The van der Waals surface area contributed by atoms with Crippen LogP contribution in [0.2, 0.25) is 0 Å². The molecule has 2 heterocycles. The van der Waals surface area contributed by atoms with E-state index in [0.717, 1.165) is 49.1 Å². The number of rotatable bonds is 5. The van der Waals surface area contributed by atoms with Crippen molar-refractivity contribution in [1.82, 2.24) is 15.2 Å². The minimum Gasteiger partial charge on any atom is -0.360 e. The van der Waals surface area contributed by atoms with Crippen LogP contribution in [0.4, 0.5) is 0 Å². The van der Waals surface area contributed by atoms with Gasteiger partial charge in [-0.15, -0.1) is 0 Å². The van der Waals surface area contributed by atoms with Gasteiger partial charge < -0.3 is 15.2 Å². The molecule has 2 aromatic carbocycles. The molecule has 1 aliphatic rings. The Morgan fingerprint density at radius 3 is 2.70 bits per heavy atom. The number of benzene rings is 2. The van der Waals surface area contributed by atoms with Gasteiger partial charge in [0.2, 0.25) is 9.84 Å². The molecule has 6 heteroatoms. The van der Waals surface area contributed by atoms with Gasteiger partial charge in [-0.25, -0.2) is 8.42 Å². The first-order valence-corrected chi connectivity index (χ1v) is 10.9. The van der Waals surface area contributed by atoms with E-state index in [-0.39, 0.29) is 0 Å². The average molecular weight is 384 g/mol. The number of nitrogens with one attached hydrogen (secondary N) is 2. The zero-order chi connectivity index (χ0) is 18.9. The third-order valence-corrected chi connectivity index (χ3v) is 7.04. The first-order valence-electron chi connectivity index (χ1n) is 9.40. The van der Waals surface area contributed by atoms with Gasteiger partial charge in [-0.1, -0.05) is 30.3 Å². The SMILES string of the molecule is CC1CN(CCc2cccc3[nH]cc(S(=O)(=O)c4ccccc4)c23)CCN1. The van der Waals surface area contributed by atoms with Gasteiger partial charge in [0, 0.05) is 49.3 Å². The molecule has 1 fully saturated rings. The summed E-state index contributed by atoms with van der Waals surface area (Å²) in [7, 11) is -3.55. The predicted octanol–water partition coefficient (Wildman–Crippen LogP) is 2.84. The molecule has 142 valence electrons. The number of aromatic nitrogens is 1. The Hall–Kier alpha value is -2.15. The van der Waals surface area contributed by atoms with Crippen molar-refractivity contribution in [3.8, 4) is 0 Å². The molecule has 0 spiro atoms. The lowest BCUT2D eigenvalue weighted by atomic mass is 10.1. The average Bonchev–Trinajstić information content (AvgIpc) is 3.13. The number of H-pyrrole nitrogens is 1. The van der Waals surface area contributed by atoms with E-state index in [0.29, 0.717) is 15.8 Å². The van der Waals surface area contributed by atoms with Crippen LogP contribution in [-0.2, 0) is 16.3 Å². The van der Waals surface area contributed by atoms with Crippen LogP contribution in [0.25, 0.3) is 10.9 Å². The van der Waals surface area contributed by atoms with Crippen molar-refractivity contribution >= 4 is 20.7 Å². The molecule has 27 heavy (non-hydrogen) atoms. The van der Waals surface area contributed by atoms with Crippen LogP contribution in [0.15, 0.2) is 64.5 Å². The van der Waals surface area contributed by atoms with Crippen LogP contribution in [-0.4, -0.2) is 50.5 Å². The van der Waals surface area contributed by atoms with Gasteiger partial charge in [0.15, 0.2) is 0 Å². The number of fused-ring (bicyclic) bond motifs is 1. The van der Waals surface area contributed by atoms with E-state index in [4.69, 9.17) is 0 Å². The summed E-state index contributed by atoms with van der Waals surface area (Å²) in [6.45, 7) is 6.19. The summed E-state index contributed by atoms with van der Waals surface area (Å²) < 4.78 is 26.3. The van der Waals surface area contributed by atoms with Crippen molar-refractivity contribution in [3.63, 3.8) is 0 Å². The lowest BCUT2D eigenvalue weighted by Gasteiger charge is -2.31. The highest BCUT2D eigenvalue weighted by Gasteiger charge is 2.23. The van der Waals surface area contributed by atoms with Crippen molar-refractivity contribution in [3.05, 3.63) is 60.3 Å². The molecule has 5 nitrogen and oxygen atoms in total. The smallest absolute Gasteiger partial charge is 0.208 e. The van der Waals surface area contributed by atoms with Gasteiger partial charge in [-0.3, -0.25) is 0 Å². The summed E-state index contributed by atoms with van der Waals surface area (Å²) in [6, 6.07) is 15.1. The molecule has 1 atom stereocenters. The Morgan fingerprint density at radius 2 is 1.93 bits per heavy atom. The molecule has 0 saturated carbocycles. The summed E-state index contributed by atoms with van der Waals surface area (Å²) >= 11 is 0. The zero-order valence-electron chi connectivity index (χ0n) is 15.5. The summed E-state index contributed by atoms with van der Waals surface area (Å²) in [5.74, 6) is 0. The maximum Gasteiger partial charge on any atom is 0.208 e. The molecule has 4 rings (SSSR count). The minimum absolute atomic E-state index is 0.330. The fourth-order valence-electron chi connectivity index (χ4n) is 3.87. The normalized spacial score (nSPS) is 18.8. The van der Waals surface area contributed by atoms with Crippen molar-refractivity contribution in [2.24, 2.45) is 0 Å². The second-order valence-corrected chi connectivity index (χ2v) is 9.13. The Morgan fingerprint density at radius 1 is 1.11 bits per heavy atom. The van der Waals surface area contributed by atoms with Crippen LogP contribution in [0.3, 0.4) is 0 Å². The molecule has 1 aromatic heterocycles. The largest absolute Gasteiger partial charge is 0.360 e. The molecule has 1 unspecified atom stereocenters. The molecule has 1 aliphatic heterocycles. The second kappa shape index (κ2) is 7.46. The van der Waals surface area contributed by atoms with E-state index in [1.807, 2.05) is 24.3 Å². The third-order valence-electron chi connectivity index (χ3n) is 5.25.